The minimum atomic E-state index is -0.785. The number of halogens is 1. The molecule has 180 valence electrons. The Labute approximate surface area is 196 Å². The van der Waals surface area contributed by atoms with Crippen molar-refractivity contribution in [3.63, 3.8) is 0 Å². The van der Waals surface area contributed by atoms with Gasteiger partial charge in [-0.15, -0.1) is 0 Å². The highest BCUT2D eigenvalue weighted by Gasteiger charge is 2.26. The summed E-state index contributed by atoms with van der Waals surface area (Å²) in [7, 11) is 5.97. The van der Waals surface area contributed by atoms with Gasteiger partial charge < -0.3 is 26.0 Å². The summed E-state index contributed by atoms with van der Waals surface area (Å²) < 4.78 is 28.3. The number of aromatic nitrogens is 2. The third kappa shape index (κ3) is 4.56. The Hall–Kier alpha value is -4.34. The number of hydrogen-bond acceptors (Lipinski definition) is 7. The SMILES string of the molecule is C=C/C(F)=C(\C(=C/C)OC)n1c(-c2cc(=C(N)C=NNC)c(OC)cc2=C)c(C=N)n(C)c1=O. The number of methoxy groups -OCH3 is 2. The van der Waals surface area contributed by atoms with Gasteiger partial charge in [0.15, 0.2) is 5.83 Å². The van der Waals surface area contributed by atoms with E-state index in [0.29, 0.717) is 21.8 Å². The zero-order valence-electron chi connectivity index (χ0n) is 19.9. The van der Waals surface area contributed by atoms with Crippen LogP contribution < -0.4 is 32.0 Å². The first-order valence-corrected chi connectivity index (χ1v) is 10.1. The molecule has 2 aromatic rings. The fraction of sp³-hybridized carbons (Fsp3) is 0.208. The number of nitrogens with two attached hydrogens (primary N) is 1. The highest BCUT2D eigenvalue weighted by atomic mass is 19.1. The molecule has 1 aromatic carbocycles. The van der Waals surface area contributed by atoms with Crippen molar-refractivity contribution >= 4 is 30.4 Å². The summed E-state index contributed by atoms with van der Waals surface area (Å²) in [5, 5.41) is 12.8. The number of benzene rings is 1. The summed E-state index contributed by atoms with van der Waals surface area (Å²) in [6.45, 7) is 9.22. The average molecular weight is 469 g/mol. The van der Waals surface area contributed by atoms with Gasteiger partial charge >= 0.3 is 5.69 Å². The largest absolute Gasteiger partial charge is 0.496 e. The Morgan fingerprint density at radius 3 is 2.53 bits per heavy atom. The topological polar surface area (TPSA) is 120 Å². The second-order valence-electron chi connectivity index (χ2n) is 6.96. The molecule has 0 fully saturated rings. The van der Waals surface area contributed by atoms with E-state index in [4.69, 9.17) is 20.6 Å². The van der Waals surface area contributed by atoms with Gasteiger partial charge in [0.05, 0.1) is 37.5 Å². The van der Waals surface area contributed by atoms with Gasteiger partial charge in [0, 0.05) is 31.1 Å². The minimum absolute atomic E-state index is 0.106. The molecule has 0 unspecified atom stereocenters. The molecule has 2 rings (SSSR count). The van der Waals surface area contributed by atoms with Crippen LogP contribution in [0, 0.1) is 5.41 Å². The van der Waals surface area contributed by atoms with Crippen molar-refractivity contribution in [2.24, 2.45) is 17.9 Å². The highest BCUT2D eigenvalue weighted by Crippen LogP contribution is 2.29. The zero-order chi connectivity index (χ0) is 25.6. The summed E-state index contributed by atoms with van der Waals surface area (Å²) in [5.74, 6) is -0.254. The van der Waals surface area contributed by atoms with Gasteiger partial charge in [-0.1, -0.05) is 13.2 Å². The second kappa shape index (κ2) is 11.0. The molecular formula is C24H29FN6O3. The second-order valence-corrected chi connectivity index (χ2v) is 6.96. The Balaban J connectivity index is 3.20. The third-order valence-electron chi connectivity index (χ3n) is 5.11. The van der Waals surface area contributed by atoms with Crippen LogP contribution in [0.15, 0.2) is 52.3 Å². The first kappa shape index (κ1) is 25.9. The summed E-state index contributed by atoms with van der Waals surface area (Å²) in [4.78, 5) is 13.3. The van der Waals surface area contributed by atoms with Crippen molar-refractivity contribution in [3.8, 4) is 17.0 Å². The molecule has 0 saturated carbocycles. The summed E-state index contributed by atoms with van der Waals surface area (Å²) in [5.41, 5.74) is 9.22. The van der Waals surface area contributed by atoms with E-state index in [2.05, 4.69) is 23.7 Å². The van der Waals surface area contributed by atoms with Gasteiger partial charge in [-0.2, -0.15) is 5.10 Å². The Morgan fingerprint density at radius 2 is 2.03 bits per heavy atom. The van der Waals surface area contributed by atoms with E-state index >= 15 is 4.39 Å². The number of hydrogen-bond donors (Lipinski definition) is 3. The standard InChI is InChI=1S/C24H29FN6O3/c1-8-17(25)23(20(9-2)33-6)31-22(19(12-26)30(5)24(31)32)15-11-16(18(27)13-29-28-4)21(34-7)10-14(15)3/h8-13,26,28H,1,3,27H2,2,4-7H3/b18-16?,20-9+,23-17-,26-12?,29-13?. The van der Waals surface area contributed by atoms with E-state index in [1.54, 1.807) is 26.1 Å². The van der Waals surface area contributed by atoms with E-state index < -0.39 is 11.5 Å². The van der Waals surface area contributed by atoms with Crippen molar-refractivity contribution < 1.29 is 13.9 Å². The fourth-order valence-electron chi connectivity index (χ4n) is 3.48. The molecule has 9 nitrogen and oxygen atoms in total. The predicted molar refractivity (Wildman–Crippen MR) is 135 cm³/mol. The Morgan fingerprint density at radius 1 is 1.35 bits per heavy atom. The quantitative estimate of drug-likeness (QED) is 0.223. The number of nitrogens with zero attached hydrogens (tertiary/aromatic N) is 3. The van der Waals surface area contributed by atoms with Crippen LogP contribution in [0.25, 0.3) is 29.2 Å². The van der Waals surface area contributed by atoms with Crippen LogP contribution in [-0.4, -0.2) is 42.8 Å². The number of ether oxygens (including phenoxy) is 2. The van der Waals surface area contributed by atoms with Crippen LogP contribution in [0.3, 0.4) is 0 Å². The van der Waals surface area contributed by atoms with Crippen molar-refractivity contribution in [2.75, 3.05) is 21.3 Å². The lowest BCUT2D eigenvalue weighted by Gasteiger charge is -2.16. The van der Waals surface area contributed by atoms with E-state index in [1.807, 2.05) is 0 Å². The normalized spacial score (nSPS) is 13.4. The molecule has 0 spiro atoms. The van der Waals surface area contributed by atoms with Crippen molar-refractivity contribution in [3.05, 3.63) is 69.1 Å². The Bertz CT molecular complexity index is 1380. The van der Waals surface area contributed by atoms with Crippen LogP contribution in [0.4, 0.5) is 4.39 Å². The lowest BCUT2D eigenvalue weighted by Crippen LogP contribution is -2.25. The first-order valence-electron chi connectivity index (χ1n) is 10.1. The minimum Gasteiger partial charge on any atom is -0.496 e. The molecule has 0 atom stereocenters. The number of nitrogens with one attached hydrogen (secondary N) is 2. The smallest absolute Gasteiger partial charge is 0.333 e. The molecule has 0 amide bonds. The maximum Gasteiger partial charge on any atom is 0.333 e. The zero-order valence-corrected chi connectivity index (χ0v) is 19.9. The number of allylic oxidation sites excluding steroid dienone is 4. The van der Waals surface area contributed by atoms with Crippen LogP contribution in [-0.2, 0) is 11.8 Å². The van der Waals surface area contributed by atoms with E-state index in [9.17, 15) is 4.79 Å². The molecule has 0 bridgehead atoms. The van der Waals surface area contributed by atoms with Crippen molar-refractivity contribution in [1.29, 1.82) is 5.41 Å². The van der Waals surface area contributed by atoms with E-state index in [1.165, 1.54) is 38.1 Å². The molecular weight excluding hydrogens is 439 g/mol. The summed E-state index contributed by atoms with van der Waals surface area (Å²) >= 11 is 0. The molecule has 1 heterocycles. The molecule has 34 heavy (non-hydrogen) atoms. The monoisotopic (exact) mass is 468 g/mol. The molecule has 0 aliphatic carbocycles. The van der Waals surface area contributed by atoms with Gasteiger partial charge in [-0.25, -0.2) is 9.18 Å². The van der Waals surface area contributed by atoms with Gasteiger partial charge in [0.1, 0.15) is 17.2 Å². The maximum absolute atomic E-state index is 15.1. The van der Waals surface area contributed by atoms with Crippen LogP contribution in [0.5, 0.6) is 5.75 Å². The lowest BCUT2D eigenvalue weighted by molar-refractivity contribution is 0.305. The van der Waals surface area contributed by atoms with Gasteiger partial charge in [0.2, 0.25) is 0 Å². The molecule has 1 aromatic heterocycles. The molecule has 0 radical (unpaired) electrons. The fourth-order valence-corrected chi connectivity index (χ4v) is 3.48. The molecule has 4 N–H and O–H groups in total. The van der Waals surface area contributed by atoms with Gasteiger partial charge in [-0.3, -0.25) is 9.13 Å². The molecule has 10 heteroatoms. The number of rotatable bonds is 9. The molecule has 0 aliphatic heterocycles. The summed E-state index contributed by atoms with van der Waals surface area (Å²) in [6.07, 6.45) is 4.93. The number of hydrazone groups is 1. The first-order chi connectivity index (χ1) is 16.2. The predicted octanol–water partition coefficient (Wildman–Crippen LogP) is 1.42. The maximum atomic E-state index is 15.1. The summed E-state index contributed by atoms with van der Waals surface area (Å²) in [6, 6.07) is 3.29. The van der Waals surface area contributed by atoms with E-state index in [-0.39, 0.29) is 28.5 Å². The van der Waals surface area contributed by atoms with Crippen LogP contribution in [0.2, 0.25) is 0 Å². The van der Waals surface area contributed by atoms with Crippen LogP contribution in [0.1, 0.15) is 12.6 Å². The highest BCUT2D eigenvalue weighted by molar-refractivity contribution is 6.01. The number of imidazole rings is 1. The average Bonchev–Trinajstić information content (AvgIpc) is 3.09. The van der Waals surface area contributed by atoms with Crippen molar-refractivity contribution in [1.82, 2.24) is 14.6 Å². The van der Waals surface area contributed by atoms with E-state index in [0.717, 1.165) is 16.9 Å². The lowest BCUT2D eigenvalue weighted by atomic mass is 10.0. The van der Waals surface area contributed by atoms with Gasteiger partial charge in [-0.05, 0) is 36.4 Å². The van der Waals surface area contributed by atoms with Gasteiger partial charge in [0.25, 0.3) is 0 Å². The van der Waals surface area contributed by atoms with Crippen molar-refractivity contribution in [2.45, 2.75) is 6.92 Å². The molecule has 0 saturated heterocycles. The third-order valence-corrected chi connectivity index (χ3v) is 5.11. The molecule has 0 aliphatic rings. The van der Waals surface area contributed by atoms with Crippen LogP contribution >= 0.6 is 0 Å². The Kier molecular flexibility index (Phi) is 8.38.